The molecular weight excluding hydrogens is 478 g/mol. The van der Waals surface area contributed by atoms with E-state index in [4.69, 9.17) is 0 Å². The van der Waals surface area contributed by atoms with E-state index in [-0.39, 0.29) is 17.0 Å². The number of hydrogen-bond acceptors (Lipinski definition) is 0. The summed E-state index contributed by atoms with van der Waals surface area (Å²) in [5.74, 6) is 0. The van der Waals surface area contributed by atoms with Crippen LogP contribution in [0.5, 0.6) is 0 Å². The van der Waals surface area contributed by atoms with Crippen molar-refractivity contribution in [3.63, 3.8) is 0 Å². The Morgan fingerprint density at radius 2 is 1.26 bits per heavy atom. The molecule has 0 amide bonds. The smallest absolute Gasteiger partial charge is 0.223 e. The molecule has 0 N–H and O–H groups in total. The van der Waals surface area contributed by atoms with E-state index in [0.29, 0.717) is 0 Å². The number of hydrogen-bond donors (Lipinski definition) is 0. The van der Waals surface area contributed by atoms with Gasteiger partial charge in [-0.25, -0.2) is 0 Å². The summed E-state index contributed by atoms with van der Waals surface area (Å²) in [5, 5.41) is 0. The van der Waals surface area contributed by atoms with Crippen LogP contribution in [0.3, 0.4) is 0 Å². The highest BCUT2D eigenvalue weighted by atomic mass is 79.9. The molecule has 0 unspecified atom stereocenters. The van der Waals surface area contributed by atoms with Gasteiger partial charge in [0.2, 0.25) is 17.1 Å². The van der Waals surface area contributed by atoms with Crippen LogP contribution in [0.4, 0.5) is 0 Å². The lowest BCUT2D eigenvalue weighted by atomic mass is 9.83. The summed E-state index contributed by atoms with van der Waals surface area (Å²) in [4.78, 5) is 0. The molecule has 0 bridgehead atoms. The first-order valence-electron chi connectivity index (χ1n) is 11.7. The summed E-state index contributed by atoms with van der Waals surface area (Å²) < 4.78 is 2.49. The molecule has 0 fully saturated rings. The third kappa shape index (κ3) is 3.89. The third-order valence-corrected chi connectivity index (χ3v) is 6.69. The predicted molar refractivity (Wildman–Crippen MR) is 136 cm³/mol. The first kappa shape index (κ1) is 22.3. The van der Waals surface area contributed by atoms with E-state index in [1.807, 2.05) is 0 Å². The monoisotopic (exact) mass is 503 g/mol. The van der Waals surface area contributed by atoms with Gasteiger partial charge >= 0.3 is 0 Å². The van der Waals surface area contributed by atoms with Gasteiger partial charge in [-0.05, 0) is 60.2 Å². The van der Waals surface area contributed by atoms with Gasteiger partial charge in [0.1, 0.15) is 0 Å². The first-order valence-corrected chi connectivity index (χ1v) is 11.7. The Labute approximate surface area is 212 Å². The summed E-state index contributed by atoms with van der Waals surface area (Å²) >= 11 is 0. The molecule has 0 spiro atoms. The topological polar surface area (TPSA) is 3.88 Å². The van der Waals surface area contributed by atoms with Gasteiger partial charge in [0.05, 0.1) is 5.56 Å². The molecule has 0 atom stereocenters. The van der Waals surface area contributed by atoms with Gasteiger partial charge in [0, 0.05) is 29.3 Å². The molecular formula is C32H26BrN. The number of nitrogens with zero attached hydrogens (tertiary/aromatic N) is 1. The minimum Gasteiger partial charge on any atom is -1.00 e. The number of aryl methyl sites for hydroxylation is 2. The predicted octanol–water partition coefficient (Wildman–Crippen LogP) is 4.38. The van der Waals surface area contributed by atoms with Crippen molar-refractivity contribution in [3.05, 3.63) is 132 Å². The Bertz CT molecular complexity index is 1460. The molecule has 0 saturated carbocycles. The Morgan fingerprint density at radius 3 is 2.00 bits per heavy atom. The van der Waals surface area contributed by atoms with Crippen molar-refractivity contribution in [2.45, 2.75) is 19.8 Å². The van der Waals surface area contributed by atoms with Crippen LogP contribution < -0.4 is 21.5 Å². The van der Waals surface area contributed by atoms with E-state index >= 15 is 0 Å². The number of aromatic nitrogens is 1. The second-order valence-corrected chi connectivity index (χ2v) is 8.83. The highest BCUT2D eigenvalue weighted by molar-refractivity contribution is 5.81. The van der Waals surface area contributed by atoms with Crippen LogP contribution in [0.1, 0.15) is 16.7 Å². The molecule has 34 heavy (non-hydrogen) atoms. The normalized spacial score (nSPS) is 11.8. The summed E-state index contributed by atoms with van der Waals surface area (Å²) in [6.07, 6.45) is 2.11. The van der Waals surface area contributed by atoms with Crippen LogP contribution in [0.25, 0.3) is 39.3 Å². The highest BCUT2D eigenvalue weighted by Crippen LogP contribution is 2.39. The Balaban J connectivity index is 0.00000241. The van der Waals surface area contributed by atoms with E-state index in [1.165, 1.54) is 56.0 Å². The Kier molecular flexibility index (Phi) is 6.17. The Hall–Kier alpha value is -3.49. The summed E-state index contributed by atoms with van der Waals surface area (Å²) in [7, 11) is 0. The van der Waals surface area contributed by atoms with E-state index < -0.39 is 0 Å². The summed E-state index contributed by atoms with van der Waals surface area (Å²) in [6, 6.07) is 41.8. The lowest BCUT2D eigenvalue weighted by molar-refractivity contribution is -0.572. The standard InChI is InChI=1S/C32H26N.BrH/c1-23-11-10-17-27(21-23)33-31(26-15-6-3-7-16-26)22-30(24-12-4-2-5-13-24)29-20-19-25-14-8-9-18-28(25)32(29)33;/h2-18,21-22H,19-20H2,1H3;1H/q+1;/p-1. The maximum atomic E-state index is 2.49. The molecule has 5 aromatic rings. The number of halogens is 1. The van der Waals surface area contributed by atoms with E-state index in [0.717, 1.165) is 12.8 Å². The van der Waals surface area contributed by atoms with Crippen LogP contribution in [0, 0.1) is 6.92 Å². The maximum Gasteiger partial charge on any atom is 0.223 e. The summed E-state index contributed by atoms with van der Waals surface area (Å²) in [6.45, 7) is 2.17. The molecule has 1 aliphatic rings. The van der Waals surface area contributed by atoms with Crippen LogP contribution in [0.15, 0.2) is 115 Å². The van der Waals surface area contributed by atoms with Gasteiger partial charge in [0.15, 0.2) is 0 Å². The van der Waals surface area contributed by atoms with E-state index in [1.54, 1.807) is 0 Å². The quantitative estimate of drug-likeness (QED) is 0.322. The SMILES string of the molecule is Cc1cccc(-[n+]2c(-c3ccccc3)cc(-c3ccccc3)c3c2-c2ccccc2CC3)c1.[Br-]. The van der Waals surface area contributed by atoms with E-state index in [9.17, 15) is 0 Å². The van der Waals surface area contributed by atoms with Crippen molar-refractivity contribution >= 4 is 0 Å². The van der Waals surface area contributed by atoms with Crippen molar-refractivity contribution in [1.29, 1.82) is 0 Å². The van der Waals surface area contributed by atoms with Crippen molar-refractivity contribution < 1.29 is 21.5 Å². The molecule has 4 aromatic carbocycles. The molecule has 166 valence electrons. The summed E-state index contributed by atoms with van der Waals surface area (Å²) in [5.41, 5.74) is 13.1. The van der Waals surface area contributed by atoms with Gasteiger partial charge in [-0.15, -0.1) is 0 Å². The molecule has 0 saturated heterocycles. The van der Waals surface area contributed by atoms with Gasteiger partial charge < -0.3 is 17.0 Å². The zero-order chi connectivity index (χ0) is 22.2. The molecule has 6 rings (SSSR count). The van der Waals surface area contributed by atoms with Gasteiger partial charge in [0.25, 0.3) is 0 Å². The fraction of sp³-hybridized carbons (Fsp3) is 0.0938. The van der Waals surface area contributed by atoms with Crippen molar-refractivity contribution in [1.82, 2.24) is 0 Å². The lowest BCUT2D eigenvalue weighted by Gasteiger charge is -2.23. The average molecular weight is 504 g/mol. The second kappa shape index (κ2) is 9.40. The molecule has 1 nitrogen and oxygen atoms in total. The van der Waals surface area contributed by atoms with Gasteiger partial charge in [-0.2, -0.15) is 4.57 Å². The minimum absolute atomic E-state index is 0. The molecule has 0 radical (unpaired) electrons. The van der Waals surface area contributed by atoms with Crippen LogP contribution in [-0.2, 0) is 12.8 Å². The van der Waals surface area contributed by atoms with Crippen molar-refractivity contribution in [2.24, 2.45) is 0 Å². The van der Waals surface area contributed by atoms with Gasteiger partial charge in [-0.3, -0.25) is 0 Å². The fourth-order valence-corrected chi connectivity index (χ4v) is 5.17. The molecule has 1 heterocycles. The highest BCUT2D eigenvalue weighted by Gasteiger charge is 2.33. The van der Waals surface area contributed by atoms with Crippen LogP contribution in [-0.4, -0.2) is 0 Å². The van der Waals surface area contributed by atoms with Crippen molar-refractivity contribution in [3.8, 4) is 39.3 Å². The van der Waals surface area contributed by atoms with Crippen LogP contribution in [0.2, 0.25) is 0 Å². The molecule has 1 aliphatic carbocycles. The maximum absolute atomic E-state index is 2.49. The number of pyridine rings is 1. The van der Waals surface area contributed by atoms with Gasteiger partial charge in [-0.1, -0.05) is 78.9 Å². The lowest BCUT2D eigenvalue weighted by Crippen LogP contribution is -3.00. The minimum atomic E-state index is 0. The number of rotatable bonds is 3. The Morgan fingerprint density at radius 1 is 0.588 bits per heavy atom. The van der Waals surface area contributed by atoms with Crippen molar-refractivity contribution in [2.75, 3.05) is 0 Å². The van der Waals surface area contributed by atoms with E-state index in [2.05, 4.69) is 127 Å². The zero-order valence-electron chi connectivity index (χ0n) is 19.2. The molecule has 0 aliphatic heterocycles. The van der Waals surface area contributed by atoms with Crippen LogP contribution >= 0.6 is 0 Å². The number of fused-ring (bicyclic) bond motifs is 3. The largest absolute Gasteiger partial charge is 1.00 e. The first-order chi connectivity index (χ1) is 16.3. The fourth-order valence-electron chi connectivity index (χ4n) is 5.17. The molecule has 2 heteroatoms. The average Bonchev–Trinajstić information content (AvgIpc) is 2.88. The second-order valence-electron chi connectivity index (χ2n) is 8.83. The third-order valence-electron chi connectivity index (χ3n) is 6.69. The zero-order valence-corrected chi connectivity index (χ0v) is 20.8. The molecule has 1 aromatic heterocycles. The number of benzene rings is 4.